The molecule has 0 bridgehead atoms. The summed E-state index contributed by atoms with van der Waals surface area (Å²) in [5.41, 5.74) is 1.08. The van der Waals surface area contributed by atoms with Crippen molar-refractivity contribution in [2.75, 3.05) is 11.1 Å². The van der Waals surface area contributed by atoms with Gasteiger partial charge in [-0.3, -0.25) is 4.79 Å². The second-order valence-corrected chi connectivity index (χ2v) is 6.73. The average Bonchev–Trinajstić information content (AvgIpc) is 3.10. The molecule has 29 heavy (non-hydrogen) atoms. The molecule has 0 aliphatic rings. The summed E-state index contributed by atoms with van der Waals surface area (Å²) in [6.07, 6.45) is -4.74. The van der Waals surface area contributed by atoms with Gasteiger partial charge in [0.15, 0.2) is 0 Å². The first-order valence-corrected chi connectivity index (χ1v) is 9.19. The third-order valence-electron chi connectivity index (χ3n) is 3.46. The van der Waals surface area contributed by atoms with Crippen LogP contribution in [0.2, 0.25) is 0 Å². The number of aliphatic carboxylic acids is 1. The number of hydrogen-bond donors (Lipinski definition) is 2. The molecule has 1 heterocycles. The summed E-state index contributed by atoms with van der Waals surface area (Å²) < 4.78 is 46.0. The van der Waals surface area contributed by atoms with E-state index < -0.39 is 12.3 Å². The number of alkyl halides is 3. The number of nitrogens with zero attached hydrogens (tertiary/aromatic N) is 2. The zero-order chi connectivity index (χ0) is 20.9. The fourth-order valence-electron chi connectivity index (χ4n) is 2.26. The Morgan fingerprint density at radius 3 is 2.55 bits per heavy atom. The molecule has 0 saturated carbocycles. The predicted molar refractivity (Wildman–Crippen MR) is 99.1 cm³/mol. The van der Waals surface area contributed by atoms with Crippen molar-refractivity contribution in [1.82, 2.24) is 10.2 Å². The van der Waals surface area contributed by atoms with E-state index in [1.807, 2.05) is 12.1 Å². The van der Waals surface area contributed by atoms with Gasteiger partial charge >= 0.3 is 18.3 Å². The molecule has 0 spiro atoms. The quantitative estimate of drug-likeness (QED) is 0.490. The minimum absolute atomic E-state index is 0.0175. The Bertz CT molecular complexity index is 977. The van der Waals surface area contributed by atoms with E-state index in [1.54, 1.807) is 12.1 Å². The summed E-state index contributed by atoms with van der Waals surface area (Å²) in [5.74, 6) is -0.617. The first-order chi connectivity index (χ1) is 13.8. The first kappa shape index (κ1) is 20.5. The van der Waals surface area contributed by atoms with Crippen molar-refractivity contribution in [3.63, 3.8) is 0 Å². The first-order valence-electron chi connectivity index (χ1n) is 8.20. The molecule has 7 nitrogen and oxygen atoms in total. The number of carboxylic acid groups (broad SMARTS) is 1. The maximum absolute atomic E-state index is 12.2. The number of carboxylic acids is 1. The van der Waals surface area contributed by atoms with Gasteiger partial charge in [-0.25, -0.2) is 0 Å². The molecule has 0 saturated heterocycles. The maximum Gasteiger partial charge on any atom is 0.573 e. The molecule has 3 aromatic rings. The number of aromatic nitrogens is 2. The van der Waals surface area contributed by atoms with E-state index in [-0.39, 0.29) is 24.1 Å². The number of rotatable bonds is 8. The van der Waals surface area contributed by atoms with Gasteiger partial charge in [-0.05, 0) is 36.4 Å². The van der Waals surface area contributed by atoms with Gasteiger partial charge in [-0.2, -0.15) is 0 Å². The summed E-state index contributed by atoms with van der Waals surface area (Å²) in [6, 6.07) is 12.3. The number of benzene rings is 2. The Kier molecular flexibility index (Phi) is 6.27. The van der Waals surface area contributed by atoms with Gasteiger partial charge in [-0.1, -0.05) is 17.2 Å². The van der Waals surface area contributed by atoms with Crippen molar-refractivity contribution in [2.45, 2.75) is 17.7 Å². The maximum atomic E-state index is 12.2. The van der Waals surface area contributed by atoms with Crippen molar-refractivity contribution in [1.29, 1.82) is 0 Å². The van der Waals surface area contributed by atoms with E-state index in [9.17, 15) is 18.0 Å². The van der Waals surface area contributed by atoms with Crippen LogP contribution in [0.1, 0.15) is 6.42 Å². The van der Waals surface area contributed by atoms with E-state index in [0.717, 1.165) is 17.0 Å². The SMILES string of the molecule is O=C(O)CCSc1ccccc1-c1nnc(Nc2ccc(OC(F)(F)F)cc2)o1. The summed E-state index contributed by atoms with van der Waals surface area (Å²) in [5, 5.41) is 19.4. The third-order valence-corrected chi connectivity index (χ3v) is 4.53. The van der Waals surface area contributed by atoms with E-state index in [4.69, 9.17) is 9.52 Å². The Balaban J connectivity index is 1.69. The van der Waals surface area contributed by atoms with Gasteiger partial charge in [0.25, 0.3) is 5.89 Å². The van der Waals surface area contributed by atoms with Crippen LogP contribution in [0, 0.1) is 0 Å². The summed E-state index contributed by atoms with van der Waals surface area (Å²) in [7, 11) is 0. The van der Waals surface area contributed by atoms with E-state index in [1.165, 1.54) is 23.9 Å². The predicted octanol–water partition coefficient (Wildman–Crippen LogP) is 4.95. The second kappa shape index (κ2) is 8.86. The van der Waals surface area contributed by atoms with Gasteiger partial charge in [0.05, 0.1) is 12.0 Å². The fraction of sp³-hybridized carbons (Fsp3) is 0.167. The molecule has 0 aliphatic heterocycles. The van der Waals surface area contributed by atoms with Crippen LogP contribution >= 0.6 is 11.8 Å². The minimum atomic E-state index is -4.76. The monoisotopic (exact) mass is 425 g/mol. The molecule has 2 N–H and O–H groups in total. The second-order valence-electron chi connectivity index (χ2n) is 5.60. The largest absolute Gasteiger partial charge is 0.573 e. The summed E-state index contributed by atoms with van der Waals surface area (Å²) >= 11 is 1.35. The third kappa shape index (κ3) is 6.14. The molecule has 0 atom stereocenters. The standard InChI is InChI=1S/C18H14F3N3O4S/c19-18(20,21)28-12-7-5-11(6-8-12)22-17-24-23-16(27-17)13-3-1-2-4-14(13)29-10-9-15(25)26/h1-8H,9-10H2,(H,22,24)(H,25,26). The smallest absolute Gasteiger partial charge is 0.481 e. The zero-order valence-corrected chi connectivity index (χ0v) is 15.5. The van der Waals surface area contributed by atoms with Gasteiger partial charge in [0, 0.05) is 16.3 Å². The van der Waals surface area contributed by atoms with Crippen LogP contribution in [0.3, 0.4) is 0 Å². The van der Waals surface area contributed by atoms with Crippen molar-refractivity contribution >= 4 is 29.4 Å². The number of hydrogen-bond acceptors (Lipinski definition) is 7. The van der Waals surface area contributed by atoms with Crippen molar-refractivity contribution in [3.8, 4) is 17.2 Å². The van der Waals surface area contributed by atoms with Crippen LogP contribution < -0.4 is 10.1 Å². The molecule has 0 unspecified atom stereocenters. The zero-order valence-electron chi connectivity index (χ0n) is 14.6. The van der Waals surface area contributed by atoms with Crippen LogP contribution in [0.15, 0.2) is 57.8 Å². The number of thioether (sulfide) groups is 1. The molecule has 0 amide bonds. The number of halogens is 3. The highest BCUT2D eigenvalue weighted by molar-refractivity contribution is 7.99. The minimum Gasteiger partial charge on any atom is -0.481 e. The van der Waals surface area contributed by atoms with Crippen LogP contribution in [-0.4, -0.2) is 33.4 Å². The molecule has 0 radical (unpaired) electrons. The number of carbonyl (C=O) groups is 1. The van der Waals surface area contributed by atoms with Gasteiger partial charge in [0.1, 0.15) is 5.75 Å². The van der Waals surface area contributed by atoms with Crippen LogP contribution in [0.4, 0.5) is 24.9 Å². The molecule has 152 valence electrons. The Labute approximate surface area is 166 Å². The van der Waals surface area contributed by atoms with Crippen molar-refractivity contribution in [3.05, 3.63) is 48.5 Å². The normalized spacial score (nSPS) is 11.3. The molecule has 3 rings (SSSR count). The van der Waals surface area contributed by atoms with Crippen LogP contribution in [-0.2, 0) is 4.79 Å². The molecular formula is C18H14F3N3O4S. The number of anilines is 2. The lowest BCUT2D eigenvalue weighted by molar-refractivity contribution is -0.274. The highest BCUT2D eigenvalue weighted by Gasteiger charge is 2.31. The van der Waals surface area contributed by atoms with E-state index in [0.29, 0.717) is 17.0 Å². The van der Waals surface area contributed by atoms with Gasteiger partial charge in [-0.15, -0.1) is 30.0 Å². The Morgan fingerprint density at radius 2 is 1.86 bits per heavy atom. The lowest BCUT2D eigenvalue weighted by Gasteiger charge is -2.09. The van der Waals surface area contributed by atoms with Crippen LogP contribution in [0.5, 0.6) is 5.75 Å². The van der Waals surface area contributed by atoms with Gasteiger partial charge in [0.2, 0.25) is 0 Å². The number of nitrogens with one attached hydrogen (secondary N) is 1. The lowest BCUT2D eigenvalue weighted by Crippen LogP contribution is -2.16. The van der Waals surface area contributed by atoms with Crippen molar-refractivity contribution in [2.24, 2.45) is 0 Å². The van der Waals surface area contributed by atoms with Gasteiger partial charge < -0.3 is 19.6 Å². The summed E-state index contributed by atoms with van der Waals surface area (Å²) in [4.78, 5) is 11.5. The summed E-state index contributed by atoms with van der Waals surface area (Å²) in [6.45, 7) is 0. The lowest BCUT2D eigenvalue weighted by atomic mass is 10.2. The highest BCUT2D eigenvalue weighted by atomic mass is 32.2. The van der Waals surface area contributed by atoms with E-state index in [2.05, 4.69) is 20.3 Å². The Hall–Kier alpha value is -3.21. The van der Waals surface area contributed by atoms with Crippen LogP contribution in [0.25, 0.3) is 11.5 Å². The highest BCUT2D eigenvalue weighted by Crippen LogP contribution is 2.32. The molecular weight excluding hydrogens is 411 g/mol. The van der Waals surface area contributed by atoms with E-state index >= 15 is 0 Å². The Morgan fingerprint density at radius 1 is 1.14 bits per heavy atom. The fourth-order valence-corrected chi connectivity index (χ4v) is 3.25. The molecule has 11 heteroatoms. The van der Waals surface area contributed by atoms with Crippen molar-refractivity contribution < 1.29 is 32.2 Å². The molecule has 0 aliphatic carbocycles. The molecule has 2 aromatic carbocycles. The number of ether oxygens (including phenoxy) is 1. The average molecular weight is 425 g/mol. The molecule has 0 fully saturated rings. The molecule has 1 aromatic heterocycles. The topological polar surface area (TPSA) is 97.5 Å².